The van der Waals surface area contributed by atoms with Gasteiger partial charge in [0.25, 0.3) is 0 Å². The van der Waals surface area contributed by atoms with E-state index in [0.717, 1.165) is 5.56 Å². The Hall–Kier alpha value is -0.900. The van der Waals surface area contributed by atoms with Gasteiger partial charge in [0.2, 0.25) is 0 Å². The summed E-state index contributed by atoms with van der Waals surface area (Å²) >= 11 is 0. The summed E-state index contributed by atoms with van der Waals surface area (Å²) in [5, 5.41) is 0. The average Bonchev–Trinajstić information content (AvgIpc) is 2.03. The molecule has 5 N–H and O–H groups in total. The van der Waals surface area contributed by atoms with Gasteiger partial charge in [-0.2, -0.15) is 0 Å². The lowest BCUT2D eigenvalue weighted by molar-refractivity contribution is 0.576. The second-order valence-corrected chi connectivity index (χ2v) is 2.56. The van der Waals surface area contributed by atoms with Gasteiger partial charge in [-0.1, -0.05) is 29.8 Å². The van der Waals surface area contributed by atoms with Gasteiger partial charge < -0.3 is 5.73 Å². The third-order valence-corrected chi connectivity index (χ3v) is 1.58. The van der Waals surface area contributed by atoms with E-state index in [2.05, 4.69) is 5.43 Å². The summed E-state index contributed by atoms with van der Waals surface area (Å²) in [6, 6.07) is 7.93. The minimum absolute atomic E-state index is 0.269. The van der Waals surface area contributed by atoms with Crippen LogP contribution in [0, 0.1) is 6.92 Å². The highest BCUT2D eigenvalue weighted by molar-refractivity contribution is 5.24. The highest BCUT2D eigenvalue weighted by Crippen LogP contribution is 2.08. The van der Waals surface area contributed by atoms with Crippen LogP contribution in [0.4, 0.5) is 0 Å². The Labute approximate surface area is 66.4 Å². The van der Waals surface area contributed by atoms with Gasteiger partial charge in [0.05, 0.1) is 6.17 Å². The largest absolute Gasteiger partial charge is 0.311 e. The Balaban J connectivity index is 2.86. The SMILES string of the molecule is Cc1cccc(C(N)NN)c1. The number of hydrazine groups is 1. The minimum atomic E-state index is -0.269. The molecule has 1 aromatic carbocycles. The monoisotopic (exact) mass is 151 g/mol. The fraction of sp³-hybridized carbons (Fsp3) is 0.250. The van der Waals surface area contributed by atoms with Crippen LogP contribution >= 0.6 is 0 Å². The van der Waals surface area contributed by atoms with Gasteiger partial charge in [0.15, 0.2) is 0 Å². The maximum absolute atomic E-state index is 5.63. The smallest absolute Gasteiger partial charge is 0.0936 e. The molecule has 0 fully saturated rings. The van der Waals surface area contributed by atoms with Crippen molar-refractivity contribution in [3.63, 3.8) is 0 Å². The third kappa shape index (κ3) is 2.01. The normalized spacial score (nSPS) is 13.0. The van der Waals surface area contributed by atoms with Gasteiger partial charge in [-0.15, -0.1) is 0 Å². The third-order valence-electron chi connectivity index (χ3n) is 1.58. The van der Waals surface area contributed by atoms with E-state index in [1.807, 2.05) is 31.2 Å². The van der Waals surface area contributed by atoms with Gasteiger partial charge in [-0.3, -0.25) is 5.84 Å². The Morgan fingerprint density at radius 3 is 2.73 bits per heavy atom. The quantitative estimate of drug-likeness (QED) is 0.326. The molecule has 0 saturated heterocycles. The van der Waals surface area contributed by atoms with Crippen molar-refractivity contribution in [1.29, 1.82) is 0 Å². The maximum Gasteiger partial charge on any atom is 0.0936 e. The first-order chi connectivity index (χ1) is 5.24. The average molecular weight is 151 g/mol. The van der Waals surface area contributed by atoms with E-state index in [4.69, 9.17) is 11.6 Å². The van der Waals surface area contributed by atoms with Crippen LogP contribution in [-0.4, -0.2) is 0 Å². The van der Waals surface area contributed by atoms with Crippen molar-refractivity contribution in [2.24, 2.45) is 11.6 Å². The zero-order valence-corrected chi connectivity index (χ0v) is 6.54. The van der Waals surface area contributed by atoms with Crippen LogP contribution in [0.1, 0.15) is 17.3 Å². The Morgan fingerprint density at radius 1 is 1.45 bits per heavy atom. The molecule has 0 radical (unpaired) electrons. The number of rotatable bonds is 2. The number of hydrogen-bond acceptors (Lipinski definition) is 3. The molecule has 0 heterocycles. The van der Waals surface area contributed by atoms with E-state index < -0.39 is 0 Å². The van der Waals surface area contributed by atoms with E-state index in [1.54, 1.807) is 0 Å². The predicted molar refractivity (Wildman–Crippen MR) is 45.4 cm³/mol. The lowest BCUT2D eigenvalue weighted by atomic mass is 10.1. The van der Waals surface area contributed by atoms with Crippen LogP contribution in [0.3, 0.4) is 0 Å². The second-order valence-electron chi connectivity index (χ2n) is 2.56. The van der Waals surface area contributed by atoms with Crippen LogP contribution in [-0.2, 0) is 0 Å². The molecule has 0 aliphatic heterocycles. The summed E-state index contributed by atoms with van der Waals surface area (Å²) in [6.45, 7) is 2.02. The zero-order valence-electron chi connectivity index (χ0n) is 6.54. The molecule has 0 bridgehead atoms. The summed E-state index contributed by atoms with van der Waals surface area (Å²) in [6.07, 6.45) is -0.269. The molecule has 0 aliphatic carbocycles. The first-order valence-corrected chi connectivity index (χ1v) is 3.52. The fourth-order valence-electron chi connectivity index (χ4n) is 0.960. The van der Waals surface area contributed by atoms with Crippen LogP contribution in [0.15, 0.2) is 24.3 Å². The minimum Gasteiger partial charge on any atom is -0.311 e. The van der Waals surface area contributed by atoms with Crippen molar-refractivity contribution in [3.05, 3.63) is 35.4 Å². The molecule has 11 heavy (non-hydrogen) atoms. The fourth-order valence-corrected chi connectivity index (χ4v) is 0.960. The molecule has 1 atom stereocenters. The van der Waals surface area contributed by atoms with Crippen molar-refractivity contribution in [3.8, 4) is 0 Å². The van der Waals surface area contributed by atoms with E-state index in [1.165, 1.54) is 5.56 Å². The molecule has 60 valence electrons. The first-order valence-electron chi connectivity index (χ1n) is 3.52. The molecule has 3 heteroatoms. The first kappa shape index (κ1) is 8.20. The van der Waals surface area contributed by atoms with Gasteiger partial charge in [-0.05, 0) is 12.5 Å². The predicted octanol–water partition coefficient (Wildman–Crippen LogP) is 0.416. The molecule has 0 aromatic heterocycles. The molecule has 0 amide bonds. The van der Waals surface area contributed by atoms with Gasteiger partial charge in [0, 0.05) is 0 Å². The summed E-state index contributed by atoms with van der Waals surface area (Å²) in [7, 11) is 0. The number of benzene rings is 1. The van der Waals surface area contributed by atoms with Gasteiger partial charge in [-0.25, -0.2) is 5.43 Å². The van der Waals surface area contributed by atoms with Crippen LogP contribution in [0.5, 0.6) is 0 Å². The molecule has 0 aliphatic rings. The number of nitrogens with two attached hydrogens (primary N) is 2. The molecular formula is C8H13N3. The van der Waals surface area contributed by atoms with E-state index in [-0.39, 0.29) is 6.17 Å². The highest BCUT2D eigenvalue weighted by atomic mass is 15.3. The van der Waals surface area contributed by atoms with Crippen molar-refractivity contribution in [1.82, 2.24) is 5.43 Å². The highest BCUT2D eigenvalue weighted by Gasteiger charge is 2.00. The van der Waals surface area contributed by atoms with Crippen molar-refractivity contribution in [2.45, 2.75) is 13.1 Å². The van der Waals surface area contributed by atoms with E-state index in [9.17, 15) is 0 Å². The van der Waals surface area contributed by atoms with Gasteiger partial charge >= 0.3 is 0 Å². The van der Waals surface area contributed by atoms with Crippen LogP contribution in [0.25, 0.3) is 0 Å². The lowest BCUT2D eigenvalue weighted by Gasteiger charge is -2.10. The number of nitrogens with one attached hydrogen (secondary N) is 1. The summed E-state index contributed by atoms with van der Waals surface area (Å²) in [4.78, 5) is 0. The molecule has 1 aromatic rings. The zero-order chi connectivity index (χ0) is 8.27. The number of hydrogen-bond donors (Lipinski definition) is 3. The molecule has 1 unspecified atom stereocenters. The Kier molecular flexibility index (Phi) is 2.59. The molecular weight excluding hydrogens is 138 g/mol. The van der Waals surface area contributed by atoms with Crippen molar-refractivity contribution in [2.75, 3.05) is 0 Å². The molecule has 1 rings (SSSR count). The summed E-state index contributed by atoms with van der Waals surface area (Å²) in [5.41, 5.74) is 10.3. The second kappa shape index (κ2) is 3.48. The summed E-state index contributed by atoms with van der Waals surface area (Å²) < 4.78 is 0. The van der Waals surface area contributed by atoms with Gasteiger partial charge in [0.1, 0.15) is 0 Å². The summed E-state index contributed by atoms with van der Waals surface area (Å²) in [5.74, 6) is 5.18. The topological polar surface area (TPSA) is 64.1 Å². The van der Waals surface area contributed by atoms with Crippen molar-refractivity contribution < 1.29 is 0 Å². The molecule has 0 spiro atoms. The standard InChI is InChI=1S/C8H13N3/c1-6-3-2-4-7(5-6)8(9)11-10/h2-5,8,11H,9-10H2,1H3. The maximum atomic E-state index is 5.63. The van der Waals surface area contributed by atoms with Crippen LogP contribution in [0.2, 0.25) is 0 Å². The molecule has 0 saturated carbocycles. The number of aryl methyl sites for hydroxylation is 1. The Morgan fingerprint density at radius 2 is 2.18 bits per heavy atom. The van der Waals surface area contributed by atoms with E-state index in [0.29, 0.717) is 0 Å². The lowest BCUT2D eigenvalue weighted by Crippen LogP contribution is -2.34. The van der Waals surface area contributed by atoms with E-state index >= 15 is 0 Å². The van der Waals surface area contributed by atoms with Crippen LogP contribution < -0.4 is 17.0 Å². The van der Waals surface area contributed by atoms with Crippen molar-refractivity contribution >= 4 is 0 Å². The molecule has 3 nitrogen and oxygen atoms in total. The Bertz CT molecular complexity index is 235.